The van der Waals surface area contributed by atoms with Crippen LogP contribution in [0.4, 0.5) is 4.39 Å². The molecule has 0 aliphatic rings. The zero-order valence-electron chi connectivity index (χ0n) is 20.0. The van der Waals surface area contributed by atoms with Gasteiger partial charge in [-0.3, -0.25) is 4.90 Å². The summed E-state index contributed by atoms with van der Waals surface area (Å²) in [5.41, 5.74) is 2.57. The molecule has 1 N–H and O–H groups in total. The molecule has 0 saturated heterocycles. The van der Waals surface area contributed by atoms with E-state index in [2.05, 4.69) is 18.4 Å². The molecular weight excluding hydrogens is 433 g/mol. The van der Waals surface area contributed by atoms with Crippen LogP contribution in [0.25, 0.3) is 5.69 Å². The molecule has 0 aliphatic heterocycles. The summed E-state index contributed by atoms with van der Waals surface area (Å²) in [5, 5.41) is 15.3. The minimum Gasteiger partial charge on any atom is -0.435 e. The standard InChI is InChI=1S/C27H34FN3O3/c1-4-16-30(18-22(32)20-33-17-5-2)19-23-25(6-3)29-31(21-12-8-7-9-13-21)27(23)34-26-15-11-10-14-24(26)28/h5,7-15,22,32H,2,4,6,16-20H2,1,3H3. The van der Waals surface area contributed by atoms with E-state index in [1.807, 2.05) is 37.3 Å². The second-order valence-electron chi connectivity index (χ2n) is 8.08. The topological polar surface area (TPSA) is 59.8 Å². The third-order valence-electron chi connectivity index (χ3n) is 5.33. The van der Waals surface area contributed by atoms with Crippen molar-refractivity contribution in [3.63, 3.8) is 0 Å². The molecule has 0 bridgehead atoms. The number of hydrogen-bond donors (Lipinski definition) is 1. The van der Waals surface area contributed by atoms with Gasteiger partial charge in [-0.1, -0.05) is 50.3 Å². The van der Waals surface area contributed by atoms with Crippen LogP contribution < -0.4 is 4.74 Å². The monoisotopic (exact) mass is 467 g/mol. The van der Waals surface area contributed by atoms with E-state index < -0.39 is 11.9 Å². The minimum atomic E-state index is -0.642. The van der Waals surface area contributed by atoms with E-state index >= 15 is 0 Å². The molecule has 1 aromatic heterocycles. The Morgan fingerprint density at radius 1 is 1.15 bits per heavy atom. The number of aliphatic hydroxyl groups is 1. The van der Waals surface area contributed by atoms with Crippen LogP contribution >= 0.6 is 0 Å². The predicted molar refractivity (Wildman–Crippen MR) is 132 cm³/mol. The van der Waals surface area contributed by atoms with Crippen molar-refractivity contribution in [3.05, 3.63) is 84.3 Å². The van der Waals surface area contributed by atoms with Crippen molar-refractivity contribution < 1.29 is 19.0 Å². The van der Waals surface area contributed by atoms with Gasteiger partial charge in [0.2, 0.25) is 5.88 Å². The second-order valence-corrected chi connectivity index (χ2v) is 8.08. The largest absolute Gasteiger partial charge is 0.435 e. The van der Waals surface area contributed by atoms with Crippen molar-refractivity contribution in [2.24, 2.45) is 0 Å². The summed E-state index contributed by atoms with van der Waals surface area (Å²) >= 11 is 0. The molecule has 3 rings (SSSR count). The fourth-order valence-corrected chi connectivity index (χ4v) is 3.81. The zero-order valence-corrected chi connectivity index (χ0v) is 20.0. The normalized spacial score (nSPS) is 12.1. The van der Waals surface area contributed by atoms with Crippen molar-refractivity contribution in [2.45, 2.75) is 39.3 Å². The van der Waals surface area contributed by atoms with Crippen LogP contribution in [0.3, 0.4) is 0 Å². The van der Waals surface area contributed by atoms with E-state index in [1.54, 1.807) is 29.0 Å². The molecule has 7 heteroatoms. The van der Waals surface area contributed by atoms with Crippen molar-refractivity contribution in [1.82, 2.24) is 14.7 Å². The van der Waals surface area contributed by atoms with Crippen LogP contribution in [0.5, 0.6) is 11.6 Å². The molecule has 1 unspecified atom stereocenters. The third-order valence-corrected chi connectivity index (χ3v) is 5.33. The van der Waals surface area contributed by atoms with Gasteiger partial charge in [-0.25, -0.2) is 9.07 Å². The van der Waals surface area contributed by atoms with E-state index in [4.69, 9.17) is 14.6 Å². The number of hydrogen-bond acceptors (Lipinski definition) is 5. The Kier molecular flexibility index (Phi) is 9.82. The number of nitrogens with zero attached hydrogens (tertiary/aromatic N) is 3. The van der Waals surface area contributed by atoms with E-state index in [-0.39, 0.29) is 12.4 Å². The summed E-state index contributed by atoms with van der Waals surface area (Å²) in [6, 6.07) is 16.0. The van der Waals surface area contributed by atoms with Crippen molar-refractivity contribution in [3.8, 4) is 17.3 Å². The van der Waals surface area contributed by atoms with Crippen LogP contribution in [0.1, 0.15) is 31.5 Å². The Balaban J connectivity index is 1.97. The fourth-order valence-electron chi connectivity index (χ4n) is 3.81. The minimum absolute atomic E-state index is 0.142. The van der Waals surface area contributed by atoms with Gasteiger partial charge in [-0.2, -0.15) is 5.10 Å². The van der Waals surface area contributed by atoms with Gasteiger partial charge >= 0.3 is 0 Å². The quantitative estimate of drug-likeness (QED) is 0.263. The summed E-state index contributed by atoms with van der Waals surface area (Å²) in [6.45, 7) is 10.1. The maximum Gasteiger partial charge on any atom is 0.227 e. The van der Waals surface area contributed by atoms with Gasteiger partial charge in [0.1, 0.15) is 0 Å². The summed E-state index contributed by atoms with van der Waals surface area (Å²) in [6.07, 6.45) is 2.62. The van der Waals surface area contributed by atoms with E-state index in [0.29, 0.717) is 32.0 Å². The summed E-state index contributed by atoms with van der Waals surface area (Å²) in [5.74, 6) is 0.183. The van der Waals surface area contributed by atoms with Crippen molar-refractivity contribution in [2.75, 3.05) is 26.3 Å². The van der Waals surface area contributed by atoms with E-state index in [9.17, 15) is 9.50 Å². The SMILES string of the molecule is C=CCOCC(O)CN(CCC)Cc1c(CC)nn(-c2ccccc2)c1Oc1ccccc1F. The number of para-hydroxylation sites is 2. The molecule has 182 valence electrons. The lowest BCUT2D eigenvalue weighted by Gasteiger charge is -2.25. The Labute approximate surface area is 201 Å². The molecule has 0 fully saturated rings. The predicted octanol–water partition coefficient (Wildman–Crippen LogP) is 5.14. The van der Waals surface area contributed by atoms with Gasteiger partial charge in [-0.15, -0.1) is 6.58 Å². The number of ether oxygens (including phenoxy) is 2. The molecule has 6 nitrogen and oxygen atoms in total. The molecule has 0 saturated carbocycles. The highest BCUT2D eigenvalue weighted by Gasteiger charge is 2.24. The van der Waals surface area contributed by atoms with Gasteiger partial charge in [0.05, 0.1) is 36.3 Å². The molecule has 0 radical (unpaired) electrons. The van der Waals surface area contributed by atoms with Gasteiger partial charge in [0, 0.05) is 13.1 Å². The molecule has 1 atom stereocenters. The van der Waals surface area contributed by atoms with Crippen LogP contribution in [0, 0.1) is 5.82 Å². The lowest BCUT2D eigenvalue weighted by atomic mass is 10.1. The van der Waals surface area contributed by atoms with Gasteiger partial charge in [-0.05, 0) is 43.7 Å². The van der Waals surface area contributed by atoms with E-state index in [1.165, 1.54) is 6.07 Å². The summed E-state index contributed by atoms with van der Waals surface area (Å²) in [4.78, 5) is 2.15. The first-order valence-corrected chi connectivity index (χ1v) is 11.7. The number of halogens is 1. The molecule has 0 spiro atoms. The lowest BCUT2D eigenvalue weighted by molar-refractivity contribution is 0.0244. The average Bonchev–Trinajstić information content (AvgIpc) is 3.18. The first-order valence-electron chi connectivity index (χ1n) is 11.7. The smallest absolute Gasteiger partial charge is 0.227 e. The maximum atomic E-state index is 14.5. The number of aromatic nitrogens is 2. The van der Waals surface area contributed by atoms with Crippen LogP contribution in [0.15, 0.2) is 67.3 Å². The molecule has 34 heavy (non-hydrogen) atoms. The zero-order chi connectivity index (χ0) is 24.3. The van der Waals surface area contributed by atoms with Gasteiger partial charge < -0.3 is 14.6 Å². The molecule has 0 aliphatic carbocycles. The van der Waals surface area contributed by atoms with Crippen molar-refractivity contribution >= 4 is 0 Å². The van der Waals surface area contributed by atoms with Crippen molar-refractivity contribution in [1.29, 1.82) is 0 Å². The Bertz CT molecular complexity index is 1040. The first-order chi connectivity index (χ1) is 16.6. The fraction of sp³-hybridized carbons (Fsp3) is 0.370. The Morgan fingerprint density at radius 3 is 2.56 bits per heavy atom. The van der Waals surface area contributed by atoms with Crippen LogP contribution in [0.2, 0.25) is 0 Å². The van der Waals surface area contributed by atoms with Crippen LogP contribution in [-0.2, 0) is 17.7 Å². The van der Waals surface area contributed by atoms with Gasteiger partial charge in [0.25, 0.3) is 0 Å². The highest BCUT2D eigenvalue weighted by molar-refractivity contribution is 5.44. The number of rotatable bonds is 14. The molecular formula is C27H34FN3O3. The summed E-state index contributed by atoms with van der Waals surface area (Å²) in [7, 11) is 0. The summed E-state index contributed by atoms with van der Waals surface area (Å²) < 4.78 is 27.8. The van der Waals surface area contributed by atoms with Crippen LogP contribution in [-0.4, -0.2) is 52.2 Å². The Morgan fingerprint density at radius 2 is 1.88 bits per heavy atom. The molecule has 1 heterocycles. The molecule has 2 aromatic carbocycles. The number of aliphatic hydroxyl groups excluding tert-OH is 1. The third kappa shape index (κ3) is 6.76. The highest BCUT2D eigenvalue weighted by atomic mass is 19.1. The highest BCUT2D eigenvalue weighted by Crippen LogP contribution is 2.33. The first kappa shape index (κ1) is 25.6. The second kappa shape index (κ2) is 13.0. The van der Waals surface area contributed by atoms with E-state index in [0.717, 1.165) is 29.9 Å². The molecule has 0 amide bonds. The Hall–Kier alpha value is -3.00. The number of benzene rings is 2. The van der Waals surface area contributed by atoms with Gasteiger partial charge in [0.15, 0.2) is 11.6 Å². The maximum absolute atomic E-state index is 14.5. The lowest BCUT2D eigenvalue weighted by Crippen LogP contribution is -2.35. The average molecular weight is 468 g/mol. The molecule has 3 aromatic rings. The number of aryl methyl sites for hydroxylation is 1.